The second-order valence-electron chi connectivity index (χ2n) is 6.27. The largest absolute Gasteiger partial charge is 0.325 e. The standard InChI is InChI=1S/C20H16FN5O2S/c1-2-15-24-18-17(12-7-9-22-10-8-12)25-29-19(18)20(28)26(15)11-16(27)23-14-5-3-13(21)4-6-14/h3-10H,2,11H2,1H3,(H,23,27). The molecule has 0 atom stereocenters. The molecule has 0 aliphatic carbocycles. The fourth-order valence-electron chi connectivity index (χ4n) is 2.97. The average Bonchev–Trinajstić information content (AvgIpc) is 3.16. The maximum Gasteiger partial charge on any atom is 0.273 e. The lowest BCUT2D eigenvalue weighted by atomic mass is 10.2. The number of rotatable bonds is 5. The smallest absolute Gasteiger partial charge is 0.273 e. The highest BCUT2D eigenvalue weighted by Crippen LogP contribution is 2.27. The Morgan fingerprint density at radius 2 is 1.90 bits per heavy atom. The first-order valence-electron chi connectivity index (χ1n) is 8.91. The molecule has 3 heterocycles. The van der Waals surface area contributed by atoms with Crippen molar-refractivity contribution in [2.45, 2.75) is 19.9 Å². The van der Waals surface area contributed by atoms with Gasteiger partial charge in [-0.15, -0.1) is 0 Å². The molecule has 1 aromatic carbocycles. The number of halogens is 1. The Labute approximate surface area is 169 Å². The molecule has 4 rings (SSSR count). The van der Waals surface area contributed by atoms with Crippen molar-refractivity contribution >= 4 is 33.3 Å². The van der Waals surface area contributed by atoms with Crippen LogP contribution in [0, 0.1) is 5.82 Å². The number of hydrogen-bond acceptors (Lipinski definition) is 6. The van der Waals surface area contributed by atoms with Gasteiger partial charge in [-0.2, -0.15) is 4.37 Å². The normalized spacial score (nSPS) is 11.0. The molecule has 0 saturated carbocycles. The van der Waals surface area contributed by atoms with Gasteiger partial charge in [0.2, 0.25) is 5.91 Å². The Morgan fingerprint density at radius 3 is 2.59 bits per heavy atom. The third-order valence-corrected chi connectivity index (χ3v) is 5.18. The summed E-state index contributed by atoms with van der Waals surface area (Å²) in [5, 5.41) is 2.66. The van der Waals surface area contributed by atoms with Gasteiger partial charge in [0, 0.05) is 30.1 Å². The first-order chi connectivity index (χ1) is 14.1. The van der Waals surface area contributed by atoms with Crippen LogP contribution in [0.25, 0.3) is 21.5 Å². The summed E-state index contributed by atoms with van der Waals surface area (Å²) in [5.41, 5.74) is 2.13. The summed E-state index contributed by atoms with van der Waals surface area (Å²) < 4.78 is 19.2. The molecule has 29 heavy (non-hydrogen) atoms. The molecule has 1 N–H and O–H groups in total. The topological polar surface area (TPSA) is 89.8 Å². The lowest BCUT2D eigenvalue weighted by Gasteiger charge is -2.11. The Hall–Kier alpha value is -3.46. The van der Waals surface area contributed by atoms with Crippen LogP contribution in [0.3, 0.4) is 0 Å². The fraction of sp³-hybridized carbons (Fsp3) is 0.150. The summed E-state index contributed by atoms with van der Waals surface area (Å²) in [6, 6.07) is 9.05. The Balaban J connectivity index is 1.69. The summed E-state index contributed by atoms with van der Waals surface area (Å²) in [6.07, 6.45) is 3.78. The monoisotopic (exact) mass is 409 g/mol. The molecule has 0 saturated heterocycles. The van der Waals surface area contributed by atoms with Gasteiger partial charge < -0.3 is 5.32 Å². The van der Waals surface area contributed by atoms with Gasteiger partial charge in [0.15, 0.2) is 0 Å². The zero-order valence-electron chi connectivity index (χ0n) is 15.4. The van der Waals surface area contributed by atoms with Crippen LogP contribution in [0.1, 0.15) is 12.7 Å². The molecule has 0 unspecified atom stereocenters. The van der Waals surface area contributed by atoms with Gasteiger partial charge in [-0.1, -0.05) is 6.92 Å². The molecule has 4 aromatic rings. The number of pyridine rings is 1. The van der Waals surface area contributed by atoms with E-state index in [1.54, 1.807) is 12.4 Å². The van der Waals surface area contributed by atoms with E-state index in [0.717, 1.165) is 17.1 Å². The summed E-state index contributed by atoms with van der Waals surface area (Å²) >= 11 is 1.06. The van der Waals surface area contributed by atoms with Crippen LogP contribution in [0.15, 0.2) is 53.6 Å². The predicted molar refractivity (Wildman–Crippen MR) is 109 cm³/mol. The lowest BCUT2D eigenvalue weighted by Crippen LogP contribution is -2.30. The molecule has 0 spiro atoms. The van der Waals surface area contributed by atoms with Crippen molar-refractivity contribution in [3.05, 3.63) is 70.8 Å². The lowest BCUT2D eigenvalue weighted by molar-refractivity contribution is -0.116. The zero-order chi connectivity index (χ0) is 20.4. The summed E-state index contributed by atoms with van der Waals surface area (Å²) in [7, 11) is 0. The Bertz CT molecular complexity index is 1240. The van der Waals surface area contributed by atoms with Crippen molar-refractivity contribution in [1.29, 1.82) is 0 Å². The predicted octanol–water partition coefficient (Wildman–Crippen LogP) is 3.26. The minimum absolute atomic E-state index is 0.190. The van der Waals surface area contributed by atoms with E-state index in [1.807, 2.05) is 19.1 Å². The number of amides is 1. The Morgan fingerprint density at radius 1 is 1.17 bits per heavy atom. The van der Waals surface area contributed by atoms with Crippen molar-refractivity contribution in [3.63, 3.8) is 0 Å². The zero-order valence-corrected chi connectivity index (χ0v) is 16.2. The van der Waals surface area contributed by atoms with E-state index in [4.69, 9.17) is 0 Å². The third kappa shape index (κ3) is 3.77. The van der Waals surface area contributed by atoms with Gasteiger partial charge in [0.25, 0.3) is 5.56 Å². The molecule has 146 valence electrons. The van der Waals surface area contributed by atoms with Crippen molar-refractivity contribution in [3.8, 4) is 11.3 Å². The van der Waals surface area contributed by atoms with E-state index in [1.165, 1.54) is 28.8 Å². The van der Waals surface area contributed by atoms with Gasteiger partial charge in [-0.25, -0.2) is 9.37 Å². The SMILES string of the molecule is CCc1nc2c(-c3ccncc3)nsc2c(=O)n1CC(=O)Nc1ccc(F)cc1. The number of nitrogens with one attached hydrogen (secondary N) is 1. The summed E-state index contributed by atoms with van der Waals surface area (Å²) in [6.45, 7) is 1.68. The van der Waals surface area contributed by atoms with Crippen molar-refractivity contribution in [2.24, 2.45) is 0 Å². The van der Waals surface area contributed by atoms with E-state index >= 15 is 0 Å². The number of anilines is 1. The molecule has 7 nitrogen and oxygen atoms in total. The quantitative estimate of drug-likeness (QED) is 0.546. The van der Waals surface area contributed by atoms with Crippen LogP contribution in [0.2, 0.25) is 0 Å². The van der Waals surface area contributed by atoms with Gasteiger partial charge in [-0.05, 0) is 47.9 Å². The number of benzene rings is 1. The van der Waals surface area contributed by atoms with E-state index < -0.39 is 11.7 Å². The van der Waals surface area contributed by atoms with Crippen molar-refractivity contribution in [1.82, 2.24) is 18.9 Å². The third-order valence-electron chi connectivity index (χ3n) is 4.36. The minimum Gasteiger partial charge on any atom is -0.325 e. The highest BCUT2D eigenvalue weighted by Gasteiger charge is 2.19. The van der Waals surface area contributed by atoms with Crippen LogP contribution in [0.4, 0.5) is 10.1 Å². The molecule has 0 fully saturated rings. The average molecular weight is 409 g/mol. The van der Waals surface area contributed by atoms with Gasteiger partial charge in [0.1, 0.15) is 34.1 Å². The fourth-order valence-corrected chi connectivity index (χ4v) is 3.76. The number of nitrogens with zero attached hydrogens (tertiary/aromatic N) is 4. The Kier molecular flexibility index (Phi) is 5.13. The molecule has 1 amide bonds. The van der Waals surface area contributed by atoms with E-state index in [0.29, 0.717) is 33.8 Å². The van der Waals surface area contributed by atoms with Crippen LogP contribution < -0.4 is 10.9 Å². The number of aryl methyl sites for hydroxylation is 1. The van der Waals surface area contributed by atoms with Gasteiger partial charge >= 0.3 is 0 Å². The van der Waals surface area contributed by atoms with Crippen LogP contribution >= 0.6 is 11.5 Å². The first kappa shape index (κ1) is 18.9. The molecule has 0 radical (unpaired) electrons. The van der Waals surface area contributed by atoms with Crippen molar-refractivity contribution < 1.29 is 9.18 Å². The number of hydrogen-bond donors (Lipinski definition) is 1. The minimum atomic E-state index is -0.395. The molecule has 3 aromatic heterocycles. The molecular weight excluding hydrogens is 393 g/mol. The first-order valence-corrected chi connectivity index (χ1v) is 9.69. The van der Waals surface area contributed by atoms with E-state index in [2.05, 4.69) is 19.7 Å². The van der Waals surface area contributed by atoms with E-state index in [9.17, 15) is 14.0 Å². The summed E-state index contributed by atoms with van der Waals surface area (Å²) in [5.74, 6) is -0.293. The number of aromatic nitrogens is 4. The summed E-state index contributed by atoms with van der Waals surface area (Å²) in [4.78, 5) is 34.1. The maximum absolute atomic E-state index is 13.0. The van der Waals surface area contributed by atoms with Gasteiger partial charge in [0.05, 0.1) is 0 Å². The van der Waals surface area contributed by atoms with Crippen LogP contribution in [0.5, 0.6) is 0 Å². The molecule has 0 bridgehead atoms. The second kappa shape index (κ2) is 7.88. The molecule has 0 aliphatic rings. The van der Waals surface area contributed by atoms with Gasteiger partial charge in [-0.3, -0.25) is 19.1 Å². The molecular formula is C20H16FN5O2S. The number of carbonyl (C=O) groups excluding carboxylic acids is 1. The highest BCUT2D eigenvalue weighted by molar-refractivity contribution is 7.13. The molecule has 0 aliphatic heterocycles. The second-order valence-corrected chi connectivity index (χ2v) is 7.05. The number of fused-ring (bicyclic) bond motifs is 1. The van der Waals surface area contributed by atoms with Crippen LogP contribution in [-0.4, -0.2) is 24.8 Å². The number of carbonyl (C=O) groups is 1. The van der Waals surface area contributed by atoms with E-state index in [-0.39, 0.29) is 12.1 Å². The van der Waals surface area contributed by atoms with Crippen molar-refractivity contribution in [2.75, 3.05) is 5.32 Å². The van der Waals surface area contributed by atoms with Crippen LogP contribution in [-0.2, 0) is 17.8 Å². The maximum atomic E-state index is 13.0. The molecule has 9 heteroatoms. The highest BCUT2D eigenvalue weighted by atomic mass is 32.1.